The molecule has 0 bridgehead atoms. The normalized spacial score (nSPS) is 15.4. The molecule has 6 heteroatoms. The number of hydrogen-bond acceptors (Lipinski definition) is 5. The first kappa shape index (κ1) is 16.6. The van der Waals surface area contributed by atoms with Crippen molar-refractivity contribution in [3.63, 3.8) is 0 Å². The average Bonchev–Trinajstić information content (AvgIpc) is 2.66. The van der Waals surface area contributed by atoms with Crippen LogP contribution in [0.1, 0.15) is 0 Å². The van der Waals surface area contributed by atoms with Gasteiger partial charge in [0.15, 0.2) is 0 Å². The summed E-state index contributed by atoms with van der Waals surface area (Å²) in [4.78, 5) is 21.0. The minimum Gasteiger partial charge on any atom is -0.369 e. The van der Waals surface area contributed by atoms with Crippen molar-refractivity contribution in [1.82, 2.24) is 14.5 Å². The Morgan fingerprint density at radius 3 is 2.42 bits per heavy atom. The summed E-state index contributed by atoms with van der Waals surface area (Å²) in [6.07, 6.45) is 1.79. The first-order chi connectivity index (χ1) is 12.6. The Morgan fingerprint density at radius 2 is 1.69 bits per heavy atom. The van der Waals surface area contributed by atoms with Gasteiger partial charge in [-0.25, -0.2) is 4.98 Å². The van der Waals surface area contributed by atoms with Gasteiger partial charge in [0.2, 0.25) is 0 Å². The zero-order chi connectivity index (χ0) is 18.1. The fourth-order valence-electron chi connectivity index (χ4n) is 3.30. The summed E-state index contributed by atoms with van der Waals surface area (Å²) in [6, 6.07) is 13.7. The molecule has 1 aliphatic rings. The number of pyridine rings is 2. The summed E-state index contributed by atoms with van der Waals surface area (Å²) in [7, 11) is 3.94. The number of likely N-dealkylation sites (N-methyl/N-ethyl adjacent to an activating group) is 1. The second-order valence-corrected chi connectivity index (χ2v) is 6.82. The number of benzene rings is 1. The van der Waals surface area contributed by atoms with Crippen LogP contribution >= 0.6 is 0 Å². The van der Waals surface area contributed by atoms with Crippen LogP contribution in [0.4, 0.5) is 17.2 Å². The van der Waals surface area contributed by atoms with Crippen molar-refractivity contribution in [3.05, 3.63) is 59.0 Å². The van der Waals surface area contributed by atoms with Crippen molar-refractivity contribution in [2.75, 3.05) is 43.4 Å². The third-order valence-electron chi connectivity index (χ3n) is 5.02. The largest absolute Gasteiger partial charge is 0.369 e. The molecule has 0 amide bonds. The molecule has 0 spiro atoms. The van der Waals surface area contributed by atoms with Gasteiger partial charge in [0, 0.05) is 68.3 Å². The summed E-state index contributed by atoms with van der Waals surface area (Å²) in [5, 5.41) is 4.27. The number of hydrogen-bond donors (Lipinski definition) is 1. The lowest BCUT2D eigenvalue weighted by atomic mass is 10.2. The second kappa shape index (κ2) is 6.80. The van der Waals surface area contributed by atoms with Crippen molar-refractivity contribution in [3.8, 4) is 0 Å². The molecule has 26 heavy (non-hydrogen) atoms. The lowest BCUT2D eigenvalue weighted by molar-refractivity contribution is 0.313. The van der Waals surface area contributed by atoms with E-state index >= 15 is 0 Å². The lowest BCUT2D eigenvalue weighted by Gasteiger charge is -2.34. The minimum absolute atomic E-state index is 0.0221. The summed E-state index contributed by atoms with van der Waals surface area (Å²) in [6.45, 7) is 4.31. The van der Waals surface area contributed by atoms with E-state index in [9.17, 15) is 4.79 Å². The summed E-state index contributed by atoms with van der Waals surface area (Å²) in [5.74, 6) is 0.728. The molecular formula is C20H23N5O. The van der Waals surface area contributed by atoms with Gasteiger partial charge in [0.1, 0.15) is 5.82 Å². The zero-order valence-corrected chi connectivity index (χ0v) is 15.1. The first-order valence-corrected chi connectivity index (χ1v) is 8.86. The SMILES string of the molecule is CN1CCN(c2ccc(Nc3cc4c(ccc(=O)n4C)cn3)cc2)CC1. The topological polar surface area (TPSA) is 53.4 Å². The van der Waals surface area contributed by atoms with Crippen molar-refractivity contribution < 1.29 is 0 Å². The van der Waals surface area contributed by atoms with Gasteiger partial charge in [-0.2, -0.15) is 0 Å². The maximum atomic E-state index is 11.8. The predicted octanol–water partition coefficient (Wildman–Crippen LogP) is 2.43. The van der Waals surface area contributed by atoms with Crippen LogP contribution in [-0.2, 0) is 7.05 Å². The molecule has 3 aromatic rings. The fraction of sp³-hybridized carbons (Fsp3) is 0.300. The molecule has 0 atom stereocenters. The number of fused-ring (bicyclic) bond motifs is 1. The predicted molar refractivity (Wildman–Crippen MR) is 106 cm³/mol. The Hall–Kier alpha value is -2.86. The van der Waals surface area contributed by atoms with Gasteiger partial charge < -0.3 is 19.7 Å². The Labute approximate surface area is 152 Å². The van der Waals surface area contributed by atoms with Crippen LogP contribution in [0.25, 0.3) is 10.9 Å². The highest BCUT2D eigenvalue weighted by molar-refractivity contribution is 5.81. The van der Waals surface area contributed by atoms with Crippen LogP contribution in [0.5, 0.6) is 0 Å². The molecule has 1 saturated heterocycles. The highest BCUT2D eigenvalue weighted by Gasteiger charge is 2.14. The number of rotatable bonds is 3. The molecule has 1 fully saturated rings. The van der Waals surface area contributed by atoms with E-state index in [-0.39, 0.29) is 5.56 Å². The third-order valence-corrected chi connectivity index (χ3v) is 5.02. The maximum absolute atomic E-state index is 11.8. The Morgan fingerprint density at radius 1 is 0.962 bits per heavy atom. The van der Waals surface area contributed by atoms with Crippen molar-refractivity contribution in [2.45, 2.75) is 0 Å². The van der Waals surface area contributed by atoms with Gasteiger partial charge in [0.05, 0.1) is 5.52 Å². The summed E-state index contributed by atoms with van der Waals surface area (Å²) < 4.78 is 1.64. The van der Waals surface area contributed by atoms with E-state index in [0.29, 0.717) is 0 Å². The molecule has 1 N–H and O–H groups in total. The molecule has 134 valence electrons. The molecular weight excluding hydrogens is 326 g/mol. The van der Waals surface area contributed by atoms with Crippen LogP contribution in [0, 0.1) is 0 Å². The van der Waals surface area contributed by atoms with E-state index in [0.717, 1.165) is 48.6 Å². The first-order valence-electron chi connectivity index (χ1n) is 8.86. The second-order valence-electron chi connectivity index (χ2n) is 6.82. The minimum atomic E-state index is -0.0221. The van der Waals surface area contributed by atoms with Gasteiger partial charge in [-0.05, 0) is 37.4 Å². The highest BCUT2D eigenvalue weighted by Crippen LogP contribution is 2.22. The van der Waals surface area contributed by atoms with Crippen molar-refractivity contribution in [1.29, 1.82) is 0 Å². The highest BCUT2D eigenvalue weighted by atomic mass is 16.1. The van der Waals surface area contributed by atoms with E-state index in [2.05, 4.69) is 51.4 Å². The molecule has 1 aromatic carbocycles. The summed E-state index contributed by atoms with van der Waals surface area (Å²) >= 11 is 0. The van der Waals surface area contributed by atoms with Gasteiger partial charge in [-0.15, -0.1) is 0 Å². The standard InChI is InChI=1S/C20H23N5O/c1-23-9-11-25(12-10-23)17-6-4-16(5-7-17)22-19-13-18-15(14-21-19)3-8-20(26)24(18)2/h3-8,13-14H,9-12H2,1-2H3,(H,21,22). The smallest absolute Gasteiger partial charge is 0.250 e. The molecule has 6 nitrogen and oxygen atoms in total. The number of anilines is 3. The molecule has 0 aliphatic carbocycles. The van der Waals surface area contributed by atoms with Gasteiger partial charge in [-0.3, -0.25) is 4.79 Å². The summed E-state index contributed by atoms with van der Waals surface area (Å²) in [5.41, 5.74) is 3.07. The number of nitrogens with one attached hydrogen (secondary N) is 1. The van der Waals surface area contributed by atoms with E-state index in [1.807, 2.05) is 6.07 Å². The van der Waals surface area contributed by atoms with Gasteiger partial charge in [0.25, 0.3) is 5.56 Å². The Balaban J connectivity index is 1.53. The molecule has 0 radical (unpaired) electrons. The van der Waals surface area contributed by atoms with Crippen LogP contribution in [0.3, 0.4) is 0 Å². The number of aryl methyl sites for hydroxylation is 1. The van der Waals surface area contributed by atoms with Crippen molar-refractivity contribution >= 4 is 28.1 Å². The number of piperazine rings is 1. The van der Waals surface area contributed by atoms with Crippen LogP contribution in [0.15, 0.2) is 53.5 Å². The van der Waals surface area contributed by atoms with Crippen molar-refractivity contribution in [2.24, 2.45) is 7.05 Å². The van der Waals surface area contributed by atoms with Crippen LogP contribution in [-0.4, -0.2) is 47.7 Å². The third kappa shape index (κ3) is 3.28. The Kier molecular flexibility index (Phi) is 4.34. The van der Waals surface area contributed by atoms with Gasteiger partial charge in [-0.1, -0.05) is 0 Å². The molecule has 3 heterocycles. The van der Waals surface area contributed by atoms with Crippen LogP contribution < -0.4 is 15.8 Å². The number of nitrogens with zero attached hydrogens (tertiary/aromatic N) is 4. The van der Waals surface area contributed by atoms with Gasteiger partial charge >= 0.3 is 0 Å². The molecule has 0 unspecified atom stereocenters. The van der Waals surface area contributed by atoms with E-state index in [4.69, 9.17) is 0 Å². The van der Waals surface area contributed by atoms with E-state index < -0.39 is 0 Å². The monoisotopic (exact) mass is 349 g/mol. The maximum Gasteiger partial charge on any atom is 0.250 e. The molecule has 2 aromatic heterocycles. The lowest BCUT2D eigenvalue weighted by Crippen LogP contribution is -2.44. The van der Waals surface area contributed by atoms with Crippen LogP contribution in [0.2, 0.25) is 0 Å². The fourth-order valence-corrected chi connectivity index (χ4v) is 3.30. The Bertz CT molecular complexity index is 972. The van der Waals surface area contributed by atoms with E-state index in [1.165, 1.54) is 5.69 Å². The van der Waals surface area contributed by atoms with E-state index in [1.54, 1.807) is 29.9 Å². The zero-order valence-electron chi connectivity index (χ0n) is 15.1. The molecule has 1 aliphatic heterocycles. The molecule has 0 saturated carbocycles. The molecule has 4 rings (SSSR count). The quantitative estimate of drug-likeness (QED) is 0.787. The number of aromatic nitrogens is 2. The average molecular weight is 349 g/mol.